The van der Waals surface area contributed by atoms with E-state index in [9.17, 15) is 14.3 Å². The maximum atomic E-state index is 13.2. The normalized spacial score (nSPS) is 12.5. The number of aliphatic hydroxyl groups excluding tert-OH is 1. The minimum atomic E-state index is -1.33. The summed E-state index contributed by atoms with van der Waals surface area (Å²) in [5.41, 5.74) is -0.0186. The van der Waals surface area contributed by atoms with E-state index in [4.69, 9.17) is 5.11 Å². The lowest BCUT2D eigenvalue weighted by atomic mass is 10.1. The van der Waals surface area contributed by atoms with Gasteiger partial charge in [0, 0.05) is 10.0 Å². The van der Waals surface area contributed by atoms with Gasteiger partial charge in [-0.2, -0.15) is 0 Å². The number of hydrogen-bond acceptors (Lipinski definition) is 2. The number of carboxylic acid groups (broad SMARTS) is 1. The van der Waals surface area contributed by atoms with Gasteiger partial charge in [0.25, 0.3) is 0 Å². The Morgan fingerprint density at radius 1 is 1.57 bits per heavy atom. The number of carbonyl (C=O) groups is 1. The number of rotatable bonds is 3. The molecule has 0 aromatic heterocycles. The average Bonchev–Trinajstić information content (AvgIpc) is 2.01. The first kappa shape index (κ1) is 11.1. The van der Waals surface area contributed by atoms with Crippen molar-refractivity contribution in [3.8, 4) is 0 Å². The summed E-state index contributed by atoms with van der Waals surface area (Å²) in [6.07, 6.45) is -1.84. The van der Waals surface area contributed by atoms with Crippen molar-refractivity contribution in [1.29, 1.82) is 0 Å². The van der Waals surface area contributed by atoms with Crippen LogP contribution in [0.4, 0.5) is 4.39 Å². The van der Waals surface area contributed by atoms with Crippen molar-refractivity contribution < 1.29 is 19.4 Å². The fourth-order valence-corrected chi connectivity index (χ4v) is 1.70. The van der Waals surface area contributed by atoms with E-state index in [1.54, 1.807) is 6.07 Å². The van der Waals surface area contributed by atoms with Crippen LogP contribution in [0.25, 0.3) is 0 Å². The summed E-state index contributed by atoms with van der Waals surface area (Å²) in [6, 6.07) is 4.19. The molecule has 0 unspecified atom stereocenters. The van der Waals surface area contributed by atoms with Crippen LogP contribution in [0.1, 0.15) is 18.1 Å². The molecule has 5 heteroatoms. The van der Waals surface area contributed by atoms with E-state index in [1.807, 2.05) is 0 Å². The van der Waals surface area contributed by atoms with Crippen molar-refractivity contribution >= 4 is 21.9 Å². The molecule has 14 heavy (non-hydrogen) atoms. The topological polar surface area (TPSA) is 57.5 Å². The molecule has 0 amide bonds. The Balaban J connectivity index is 2.99. The molecule has 0 aliphatic heterocycles. The Morgan fingerprint density at radius 2 is 2.21 bits per heavy atom. The summed E-state index contributed by atoms with van der Waals surface area (Å²) in [5.74, 6) is -1.79. The molecule has 0 saturated carbocycles. The number of aliphatic carboxylic acids is 1. The molecule has 0 radical (unpaired) electrons. The van der Waals surface area contributed by atoms with Crippen molar-refractivity contribution in [2.75, 3.05) is 0 Å². The lowest BCUT2D eigenvalue weighted by Crippen LogP contribution is -2.07. The zero-order valence-electron chi connectivity index (χ0n) is 7.08. The minimum absolute atomic E-state index is 0.0186. The quantitative estimate of drug-likeness (QED) is 0.877. The Hall–Kier alpha value is -0.940. The molecule has 3 nitrogen and oxygen atoms in total. The van der Waals surface area contributed by atoms with E-state index in [0.29, 0.717) is 4.47 Å². The van der Waals surface area contributed by atoms with Crippen LogP contribution in [0.5, 0.6) is 0 Å². The van der Waals surface area contributed by atoms with Gasteiger partial charge in [0.2, 0.25) is 0 Å². The third-order valence-electron chi connectivity index (χ3n) is 1.70. The van der Waals surface area contributed by atoms with E-state index in [1.165, 1.54) is 12.1 Å². The number of aliphatic hydroxyl groups is 1. The summed E-state index contributed by atoms with van der Waals surface area (Å²) in [4.78, 5) is 10.3. The first-order chi connectivity index (χ1) is 6.52. The smallest absolute Gasteiger partial charge is 0.306 e. The third kappa shape index (κ3) is 2.52. The second-order valence-corrected chi connectivity index (χ2v) is 3.60. The Morgan fingerprint density at radius 3 is 2.71 bits per heavy atom. The van der Waals surface area contributed by atoms with Crippen LogP contribution in [0.2, 0.25) is 0 Å². The number of hydrogen-bond donors (Lipinski definition) is 2. The zero-order valence-corrected chi connectivity index (χ0v) is 8.66. The number of benzene rings is 1. The van der Waals surface area contributed by atoms with Crippen LogP contribution in [0, 0.1) is 5.82 Å². The largest absolute Gasteiger partial charge is 0.481 e. The molecule has 0 aliphatic rings. The van der Waals surface area contributed by atoms with Crippen molar-refractivity contribution in [2.45, 2.75) is 12.5 Å². The van der Waals surface area contributed by atoms with E-state index in [0.717, 1.165) is 0 Å². The molecule has 1 rings (SSSR count). The molecular weight excluding hydrogens is 255 g/mol. The fraction of sp³-hybridized carbons (Fsp3) is 0.222. The first-order valence-corrected chi connectivity index (χ1v) is 4.65. The second-order valence-electron chi connectivity index (χ2n) is 2.75. The zero-order chi connectivity index (χ0) is 10.7. The van der Waals surface area contributed by atoms with Gasteiger partial charge in [0.15, 0.2) is 0 Å². The highest BCUT2D eigenvalue weighted by Crippen LogP contribution is 2.27. The van der Waals surface area contributed by atoms with Crippen LogP contribution >= 0.6 is 15.9 Å². The van der Waals surface area contributed by atoms with Gasteiger partial charge in [-0.15, -0.1) is 0 Å². The van der Waals surface area contributed by atoms with Crippen LogP contribution in [-0.4, -0.2) is 16.2 Å². The minimum Gasteiger partial charge on any atom is -0.481 e. The molecule has 1 aromatic carbocycles. The standard InChI is InChI=1S/C9H8BrFO3/c10-5-2-1-3-6(11)9(5)7(12)4-8(13)14/h1-3,7,12H,4H2,(H,13,14)/t7-/m1/s1. The Labute approximate surface area is 88.3 Å². The van der Waals surface area contributed by atoms with Gasteiger partial charge in [-0.3, -0.25) is 4.79 Å². The van der Waals surface area contributed by atoms with Gasteiger partial charge < -0.3 is 10.2 Å². The van der Waals surface area contributed by atoms with Crippen LogP contribution in [0.3, 0.4) is 0 Å². The second kappa shape index (κ2) is 4.52. The summed E-state index contributed by atoms with van der Waals surface area (Å²) >= 11 is 3.04. The maximum Gasteiger partial charge on any atom is 0.306 e. The van der Waals surface area contributed by atoms with E-state index in [-0.39, 0.29) is 5.56 Å². The molecule has 0 aliphatic carbocycles. The Kier molecular flexibility index (Phi) is 3.60. The third-order valence-corrected chi connectivity index (χ3v) is 2.39. The van der Waals surface area contributed by atoms with Gasteiger partial charge >= 0.3 is 5.97 Å². The average molecular weight is 263 g/mol. The molecule has 1 atom stereocenters. The summed E-state index contributed by atoms with van der Waals surface area (Å²) in [5, 5.41) is 17.8. The molecular formula is C9H8BrFO3. The van der Waals surface area contributed by atoms with E-state index in [2.05, 4.69) is 15.9 Å². The predicted molar refractivity (Wildman–Crippen MR) is 51.3 cm³/mol. The number of carboxylic acids is 1. The number of halogens is 2. The molecule has 1 aromatic rings. The van der Waals surface area contributed by atoms with Crippen LogP contribution < -0.4 is 0 Å². The summed E-state index contributed by atoms with van der Waals surface area (Å²) in [7, 11) is 0. The highest BCUT2D eigenvalue weighted by atomic mass is 79.9. The van der Waals surface area contributed by atoms with Gasteiger partial charge in [-0.25, -0.2) is 4.39 Å². The molecule has 0 bridgehead atoms. The van der Waals surface area contributed by atoms with Gasteiger partial charge in [0.05, 0.1) is 12.5 Å². The lowest BCUT2D eigenvalue weighted by molar-refractivity contribution is -0.139. The van der Waals surface area contributed by atoms with Crippen molar-refractivity contribution in [3.05, 3.63) is 34.1 Å². The predicted octanol–water partition coefficient (Wildman–Crippen LogP) is 2.10. The van der Waals surface area contributed by atoms with E-state index < -0.39 is 24.3 Å². The lowest BCUT2D eigenvalue weighted by Gasteiger charge is -2.11. The molecule has 76 valence electrons. The SMILES string of the molecule is O=C(O)C[C@@H](O)c1c(F)cccc1Br. The van der Waals surface area contributed by atoms with Crippen molar-refractivity contribution in [1.82, 2.24) is 0 Å². The maximum absolute atomic E-state index is 13.2. The van der Waals surface area contributed by atoms with Crippen LogP contribution in [-0.2, 0) is 4.79 Å². The van der Waals surface area contributed by atoms with Crippen molar-refractivity contribution in [3.63, 3.8) is 0 Å². The first-order valence-electron chi connectivity index (χ1n) is 3.86. The summed E-state index contributed by atoms with van der Waals surface area (Å²) in [6.45, 7) is 0. The van der Waals surface area contributed by atoms with Crippen LogP contribution in [0.15, 0.2) is 22.7 Å². The molecule has 0 spiro atoms. The van der Waals surface area contributed by atoms with E-state index >= 15 is 0 Å². The molecule has 0 saturated heterocycles. The van der Waals surface area contributed by atoms with Gasteiger partial charge in [-0.05, 0) is 12.1 Å². The van der Waals surface area contributed by atoms with Gasteiger partial charge in [-0.1, -0.05) is 22.0 Å². The van der Waals surface area contributed by atoms with Gasteiger partial charge in [0.1, 0.15) is 5.82 Å². The highest BCUT2D eigenvalue weighted by Gasteiger charge is 2.18. The molecule has 0 fully saturated rings. The Bertz CT molecular complexity index is 334. The van der Waals surface area contributed by atoms with Crippen molar-refractivity contribution in [2.24, 2.45) is 0 Å². The molecule has 2 N–H and O–H groups in total. The summed E-state index contributed by atoms with van der Waals surface area (Å²) < 4.78 is 13.5. The highest BCUT2D eigenvalue weighted by molar-refractivity contribution is 9.10. The monoisotopic (exact) mass is 262 g/mol. The fourth-order valence-electron chi connectivity index (χ4n) is 1.10. The molecule has 0 heterocycles.